The minimum Gasteiger partial charge on any atom is -0.356 e. The first kappa shape index (κ1) is 13.6. The summed E-state index contributed by atoms with van der Waals surface area (Å²) in [6.07, 6.45) is 5.03. The molecular weight excluding hydrogens is 278 g/mol. The molecule has 5 heteroatoms. The highest BCUT2D eigenvalue weighted by Crippen LogP contribution is 2.36. The number of carbonyl (C=O) groups is 2. The molecule has 2 unspecified atom stereocenters. The van der Waals surface area contributed by atoms with Crippen molar-refractivity contribution in [1.82, 2.24) is 5.32 Å². The Hall–Kier alpha value is -2.04. The fraction of sp³-hybridized carbons (Fsp3) is 0.529. The normalized spacial score (nSPS) is 27.3. The Morgan fingerprint density at radius 2 is 2.00 bits per heavy atom. The molecule has 0 spiro atoms. The molecule has 5 nitrogen and oxygen atoms in total. The van der Waals surface area contributed by atoms with E-state index in [1.165, 1.54) is 0 Å². The van der Waals surface area contributed by atoms with Crippen LogP contribution in [0, 0.1) is 5.92 Å². The van der Waals surface area contributed by atoms with Crippen molar-refractivity contribution in [2.45, 2.75) is 44.2 Å². The van der Waals surface area contributed by atoms with E-state index in [9.17, 15) is 9.59 Å². The SMILES string of the molecule is O=C(NC1CC2C(=O)Nc3ccccc3N2C1)C1CCCC1. The third-order valence-electron chi connectivity index (χ3n) is 5.15. The molecule has 1 aliphatic carbocycles. The zero-order valence-electron chi connectivity index (χ0n) is 12.5. The molecule has 22 heavy (non-hydrogen) atoms. The van der Waals surface area contributed by atoms with Crippen LogP contribution in [-0.4, -0.2) is 30.4 Å². The smallest absolute Gasteiger partial charge is 0.247 e. The quantitative estimate of drug-likeness (QED) is 0.876. The monoisotopic (exact) mass is 299 g/mol. The van der Waals surface area contributed by atoms with Gasteiger partial charge in [-0.25, -0.2) is 0 Å². The summed E-state index contributed by atoms with van der Waals surface area (Å²) in [7, 11) is 0. The van der Waals surface area contributed by atoms with Gasteiger partial charge in [-0.15, -0.1) is 0 Å². The lowest BCUT2D eigenvalue weighted by Crippen LogP contribution is -2.44. The topological polar surface area (TPSA) is 61.4 Å². The Morgan fingerprint density at radius 1 is 1.23 bits per heavy atom. The summed E-state index contributed by atoms with van der Waals surface area (Å²) < 4.78 is 0. The summed E-state index contributed by atoms with van der Waals surface area (Å²) in [5, 5.41) is 6.13. The van der Waals surface area contributed by atoms with Crippen molar-refractivity contribution in [3.8, 4) is 0 Å². The average molecular weight is 299 g/mol. The van der Waals surface area contributed by atoms with Crippen LogP contribution in [-0.2, 0) is 9.59 Å². The number of amides is 2. The van der Waals surface area contributed by atoms with Gasteiger partial charge in [0.1, 0.15) is 6.04 Å². The standard InChI is InChI=1S/C17H21N3O2/c21-16(11-5-1-2-6-11)18-12-9-15-17(22)19-13-7-3-4-8-14(13)20(15)10-12/h3-4,7-8,11-12,15H,1-2,5-6,9-10H2,(H,18,21)(H,19,22). The zero-order valence-corrected chi connectivity index (χ0v) is 12.5. The van der Waals surface area contributed by atoms with E-state index in [1.807, 2.05) is 24.3 Å². The molecule has 2 amide bonds. The summed E-state index contributed by atoms with van der Waals surface area (Å²) >= 11 is 0. The Labute approximate surface area is 130 Å². The van der Waals surface area contributed by atoms with Crippen LogP contribution in [0.3, 0.4) is 0 Å². The summed E-state index contributed by atoms with van der Waals surface area (Å²) in [6, 6.07) is 7.77. The van der Waals surface area contributed by atoms with Gasteiger partial charge in [0.05, 0.1) is 11.4 Å². The Balaban J connectivity index is 1.49. The maximum absolute atomic E-state index is 12.3. The summed E-state index contributed by atoms with van der Waals surface area (Å²) in [5.74, 6) is 0.395. The largest absolute Gasteiger partial charge is 0.356 e. The first-order valence-electron chi connectivity index (χ1n) is 8.19. The minimum absolute atomic E-state index is 0.0383. The number of nitrogens with one attached hydrogen (secondary N) is 2. The maximum atomic E-state index is 12.3. The highest BCUT2D eigenvalue weighted by molar-refractivity contribution is 6.04. The van der Waals surface area contributed by atoms with E-state index in [4.69, 9.17) is 0 Å². The third kappa shape index (κ3) is 2.25. The predicted octanol–water partition coefficient (Wildman–Crippen LogP) is 1.89. The van der Waals surface area contributed by atoms with Crippen molar-refractivity contribution in [2.75, 3.05) is 16.8 Å². The van der Waals surface area contributed by atoms with Crippen molar-refractivity contribution in [1.29, 1.82) is 0 Å². The second kappa shape index (κ2) is 5.30. The fourth-order valence-electron chi connectivity index (χ4n) is 4.01. The Morgan fingerprint density at radius 3 is 2.82 bits per heavy atom. The lowest BCUT2D eigenvalue weighted by atomic mass is 10.1. The van der Waals surface area contributed by atoms with E-state index in [0.29, 0.717) is 13.0 Å². The van der Waals surface area contributed by atoms with Crippen molar-refractivity contribution in [3.05, 3.63) is 24.3 Å². The van der Waals surface area contributed by atoms with Gasteiger partial charge < -0.3 is 15.5 Å². The average Bonchev–Trinajstić information content (AvgIpc) is 3.17. The zero-order chi connectivity index (χ0) is 15.1. The molecule has 1 saturated carbocycles. The van der Waals surface area contributed by atoms with Gasteiger partial charge in [-0.3, -0.25) is 9.59 Å². The molecule has 1 saturated heterocycles. The van der Waals surface area contributed by atoms with Gasteiger partial charge in [-0.2, -0.15) is 0 Å². The van der Waals surface area contributed by atoms with Gasteiger partial charge in [0.15, 0.2) is 0 Å². The first-order chi connectivity index (χ1) is 10.7. The molecule has 2 heterocycles. The van der Waals surface area contributed by atoms with E-state index >= 15 is 0 Å². The minimum atomic E-state index is -0.163. The van der Waals surface area contributed by atoms with Gasteiger partial charge in [0.2, 0.25) is 11.8 Å². The van der Waals surface area contributed by atoms with Crippen LogP contribution in [0.5, 0.6) is 0 Å². The molecule has 116 valence electrons. The fourth-order valence-corrected chi connectivity index (χ4v) is 4.01. The summed E-state index contributed by atoms with van der Waals surface area (Å²) in [4.78, 5) is 26.7. The number of carbonyl (C=O) groups excluding carboxylic acids is 2. The molecule has 1 aromatic rings. The Bertz CT molecular complexity index is 610. The van der Waals surface area contributed by atoms with Crippen LogP contribution in [0.4, 0.5) is 11.4 Å². The van der Waals surface area contributed by atoms with Gasteiger partial charge >= 0.3 is 0 Å². The number of nitrogens with zero attached hydrogens (tertiary/aromatic N) is 1. The van der Waals surface area contributed by atoms with Crippen molar-refractivity contribution >= 4 is 23.2 Å². The molecular formula is C17H21N3O2. The number of benzene rings is 1. The lowest BCUT2D eigenvalue weighted by Gasteiger charge is -2.32. The Kier molecular flexibility index (Phi) is 3.28. The second-order valence-electron chi connectivity index (χ2n) is 6.60. The number of hydrogen-bond donors (Lipinski definition) is 2. The first-order valence-corrected chi connectivity index (χ1v) is 8.19. The predicted molar refractivity (Wildman–Crippen MR) is 84.7 cm³/mol. The number of rotatable bonds is 2. The van der Waals surface area contributed by atoms with Crippen LogP contribution in [0.15, 0.2) is 24.3 Å². The molecule has 3 aliphatic rings. The second-order valence-corrected chi connectivity index (χ2v) is 6.60. The van der Waals surface area contributed by atoms with E-state index in [2.05, 4.69) is 15.5 Å². The van der Waals surface area contributed by atoms with Gasteiger partial charge in [-0.05, 0) is 31.4 Å². The number of anilines is 2. The molecule has 0 aromatic heterocycles. The molecule has 0 bridgehead atoms. The van der Waals surface area contributed by atoms with Crippen LogP contribution in [0.1, 0.15) is 32.1 Å². The van der Waals surface area contributed by atoms with Crippen LogP contribution in [0.2, 0.25) is 0 Å². The van der Waals surface area contributed by atoms with Gasteiger partial charge in [0, 0.05) is 18.5 Å². The molecule has 2 aliphatic heterocycles. The molecule has 1 aromatic carbocycles. The van der Waals surface area contributed by atoms with E-state index in [-0.39, 0.29) is 29.8 Å². The summed E-state index contributed by atoms with van der Waals surface area (Å²) in [6.45, 7) is 0.716. The molecule has 0 radical (unpaired) electrons. The molecule has 2 atom stereocenters. The van der Waals surface area contributed by atoms with Crippen molar-refractivity contribution in [3.63, 3.8) is 0 Å². The molecule has 2 N–H and O–H groups in total. The number of hydrogen-bond acceptors (Lipinski definition) is 3. The van der Waals surface area contributed by atoms with Crippen molar-refractivity contribution < 1.29 is 9.59 Å². The van der Waals surface area contributed by atoms with Crippen LogP contribution in [0.25, 0.3) is 0 Å². The number of fused-ring (bicyclic) bond motifs is 3. The molecule has 2 fully saturated rings. The number of para-hydroxylation sites is 2. The third-order valence-corrected chi connectivity index (χ3v) is 5.15. The van der Waals surface area contributed by atoms with E-state index < -0.39 is 0 Å². The lowest BCUT2D eigenvalue weighted by molar-refractivity contribution is -0.125. The van der Waals surface area contributed by atoms with Crippen molar-refractivity contribution in [2.24, 2.45) is 5.92 Å². The molecule has 4 rings (SSSR count). The van der Waals surface area contributed by atoms with Gasteiger partial charge in [-0.1, -0.05) is 25.0 Å². The highest BCUT2D eigenvalue weighted by atomic mass is 16.2. The maximum Gasteiger partial charge on any atom is 0.247 e. The summed E-state index contributed by atoms with van der Waals surface area (Å²) in [5.41, 5.74) is 1.93. The van der Waals surface area contributed by atoms with Crippen LogP contribution >= 0.6 is 0 Å². The van der Waals surface area contributed by atoms with Crippen LogP contribution < -0.4 is 15.5 Å². The van der Waals surface area contributed by atoms with Gasteiger partial charge in [0.25, 0.3) is 0 Å². The van der Waals surface area contributed by atoms with E-state index in [0.717, 1.165) is 37.1 Å². The van der Waals surface area contributed by atoms with E-state index in [1.54, 1.807) is 0 Å². The highest BCUT2D eigenvalue weighted by Gasteiger charge is 2.41.